The molecule has 2 aromatic heterocycles. The van der Waals surface area contributed by atoms with E-state index < -0.39 is 23.2 Å². The molecule has 0 saturated heterocycles. The minimum atomic E-state index is -1.07. The van der Waals surface area contributed by atoms with Gasteiger partial charge >= 0.3 is 0 Å². The number of amides is 1. The number of halogens is 2. The van der Waals surface area contributed by atoms with Crippen molar-refractivity contribution in [2.45, 2.75) is 6.04 Å². The van der Waals surface area contributed by atoms with Gasteiger partial charge in [-0.25, -0.2) is 14.4 Å². The van der Waals surface area contributed by atoms with Gasteiger partial charge in [-0.2, -0.15) is 0 Å². The molecule has 2 aromatic carbocycles. The maximum atomic E-state index is 14.7. The lowest BCUT2D eigenvalue weighted by molar-refractivity contribution is 0.0969. The van der Waals surface area contributed by atoms with E-state index in [9.17, 15) is 14.0 Å². The Balaban J connectivity index is 1.86. The van der Waals surface area contributed by atoms with E-state index in [-0.39, 0.29) is 33.8 Å². The third-order valence-corrected chi connectivity index (χ3v) is 5.03. The maximum absolute atomic E-state index is 14.7. The largest absolute Gasteiger partial charge is 0.450 e. The summed E-state index contributed by atoms with van der Waals surface area (Å²) in [4.78, 5) is 36.0. The molecule has 0 N–H and O–H groups in total. The number of benzene rings is 2. The average Bonchev–Trinajstić information content (AvgIpc) is 3.02. The molecule has 0 saturated carbocycles. The molecule has 0 unspecified atom stereocenters. The zero-order valence-electron chi connectivity index (χ0n) is 14.7. The summed E-state index contributed by atoms with van der Waals surface area (Å²) in [6.45, 7) is 0. The van der Waals surface area contributed by atoms with E-state index in [1.54, 1.807) is 18.2 Å². The first kappa shape index (κ1) is 17.5. The van der Waals surface area contributed by atoms with Gasteiger partial charge in [0.15, 0.2) is 5.43 Å². The predicted molar refractivity (Wildman–Crippen MR) is 105 cm³/mol. The monoisotopic (exact) mass is 407 g/mol. The lowest BCUT2D eigenvalue weighted by Gasteiger charge is -2.23. The summed E-state index contributed by atoms with van der Waals surface area (Å²) in [6, 6.07) is 11.0. The summed E-state index contributed by atoms with van der Waals surface area (Å²) >= 11 is 6.04. The Morgan fingerprint density at radius 1 is 1.03 bits per heavy atom. The van der Waals surface area contributed by atoms with Crippen LogP contribution in [0.4, 0.5) is 10.3 Å². The number of anilines is 1. The highest BCUT2D eigenvalue weighted by Gasteiger charge is 2.45. The van der Waals surface area contributed by atoms with E-state index in [4.69, 9.17) is 16.0 Å². The molecule has 142 valence electrons. The Kier molecular flexibility index (Phi) is 3.92. The van der Waals surface area contributed by atoms with Crippen molar-refractivity contribution in [1.29, 1.82) is 0 Å². The highest BCUT2D eigenvalue weighted by atomic mass is 35.5. The topological polar surface area (TPSA) is 76.3 Å². The van der Waals surface area contributed by atoms with Crippen molar-refractivity contribution in [1.82, 2.24) is 9.97 Å². The van der Waals surface area contributed by atoms with Gasteiger partial charge in [-0.15, -0.1) is 0 Å². The molecule has 8 heteroatoms. The number of nitrogens with zero attached hydrogens (tertiary/aromatic N) is 3. The zero-order chi connectivity index (χ0) is 20.1. The summed E-state index contributed by atoms with van der Waals surface area (Å²) in [5, 5.41) is 0.556. The third kappa shape index (κ3) is 2.62. The van der Waals surface area contributed by atoms with Gasteiger partial charge in [-0.05, 0) is 30.3 Å². The van der Waals surface area contributed by atoms with Gasteiger partial charge in [0.25, 0.3) is 5.91 Å². The average molecular weight is 408 g/mol. The lowest BCUT2D eigenvalue weighted by Crippen LogP contribution is -2.31. The molecule has 0 fully saturated rings. The van der Waals surface area contributed by atoms with Crippen LogP contribution in [-0.2, 0) is 0 Å². The van der Waals surface area contributed by atoms with E-state index in [1.807, 2.05) is 0 Å². The molecule has 1 aliphatic rings. The first-order valence-electron chi connectivity index (χ1n) is 8.67. The van der Waals surface area contributed by atoms with Crippen LogP contribution < -0.4 is 10.3 Å². The van der Waals surface area contributed by atoms with Crippen LogP contribution in [0, 0.1) is 5.82 Å². The van der Waals surface area contributed by atoms with Crippen molar-refractivity contribution in [3.05, 3.63) is 98.9 Å². The third-order valence-electron chi connectivity index (χ3n) is 4.80. The number of carbonyl (C=O) groups is 1. The summed E-state index contributed by atoms with van der Waals surface area (Å²) in [6.07, 6.45) is 2.92. The van der Waals surface area contributed by atoms with E-state index in [2.05, 4.69) is 9.97 Å². The van der Waals surface area contributed by atoms with E-state index in [1.165, 1.54) is 47.6 Å². The number of fused-ring (bicyclic) bond motifs is 2. The number of hydrogen-bond acceptors (Lipinski definition) is 5. The standard InChI is InChI=1S/C21H11ClFN3O3/c22-11-6-7-15-13(10-11)18(27)16-17(12-4-1-2-5-14(12)23)26(20(28)19(16)29-15)21-24-8-3-9-25-21/h1-10,17H/t17-/m1/s1. The van der Waals surface area contributed by atoms with Crippen LogP contribution in [0.25, 0.3) is 11.0 Å². The van der Waals surface area contributed by atoms with Crippen LogP contribution in [0.5, 0.6) is 0 Å². The number of aromatic nitrogens is 2. The fourth-order valence-electron chi connectivity index (χ4n) is 3.56. The Morgan fingerprint density at radius 3 is 2.55 bits per heavy atom. The summed E-state index contributed by atoms with van der Waals surface area (Å²) in [7, 11) is 0. The Bertz CT molecular complexity index is 1340. The van der Waals surface area contributed by atoms with Crippen molar-refractivity contribution in [3.8, 4) is 0 Å². The minimum absolute atomic E-state index is 0.0299. The van der Waals surface area contributed by atoms with Crippen molar-refractivity contribution in [3.63, 3.8) is 0 Å². The van der Waals surface area contributed by atoms with Gasteiger partial charge < -0.3 is 4.42 Å². The smallest absolute Gasteiger partial charge is 0.297 e. The van der Waals surface area contributed by atoms with Crippen LogP contribution >= 0.6 is 11.6 Å². The number of rotatable bonds is 2. The molecule has 29 heavy (non-hydrogen) atoms. The minimum Gasteiger partial charge on any atom is -0.450 e. The van der Waals surface area contributed by atoms with Crippen LogP contribution in [0.3, 0.4) is 0 Å². The lowest BCUT2D eigenvalue weighted by atomic mass is 9.98. The normalized spacial score (nSPS) is 15.7. The number of hydrogen-bond donors (Lipinski definition) is 0. The fourth-order valence-corrected chi connectivity index (χ4v) is 3.73. The molecule has 1 amide bonds. The molecule has 1 aliphatic heterocycles. The SMILES string of the molecule is O=C1c2oc3ccc(Cl)cc3c(=O)c2[C@@H](c2ccccc2F)N1c1ncccn1. The molecular weight excluding hydrogens is 397 g/mol. The van der Waals surface area contributed by atoms with Crippen molar-refractivity contribution >= 4 is 34.4 Å². The molecular formula is C21H11ClFN3O3. The molecule has 5 rings (SSSR count). The van der Waals surface area contributed by atoms with Gasteiger partial charge in [0.2, 0.25) is 11.7 Å². The van der Waals surface area contributed by atoms with Crippen LogP contribution in [0.15, 0.2) is 70.1 Å². The Hall–Kier alpha value is -3.58. The predicted octanol–water partition coefficient (Wildman–Crippen LogP) is 4.13. The second-order valence-corrected chi connectivity index (χ2v) is 6.90. The van der Waals surface area contributed by atoms with Gasteiger partial charge in [-0.1, -0.05) is 29.8 Å². The molecule has 0 radical (unpaired) electrons. The number of carbonyl (C=O) groups excluding carboxylic acids is 1. The van der Waals surface area contributed by atoms with E-state index >= 15 is 0 Å². The van der Waals surface area contributed by atoms with Crippen LogP contribution in [0.2, 0.25) is 5.02 Å². The summed E-state index contributed by atoms with van der Waals surface area (Å²) in [5.74, 6) is -1.30. The van der Waals surface area contributed by atoms with Crippen molar-refractivity contribution in [2.24, 2.45) is 0 Å². The highest BCUT2D eigenvalue weighted by Crippen LogP contribution is 2.40. The molecule has 4 aromatic rings. The van der Waals surface area contributed by atoms with Crippen LogP contribution in [-0.4, -0.2) is 15.9 Å². The molecule has 0 bridgehead atoms. The summed E-state index contributed by atoms with van der Waals surface area (Å²) < 4.78 is 20.5. The van der Waals surface area contributed by atoms with Gasteiger partial charge in [-0.3, -0.25) is 14.5 Å². The first-order valence-corrected chi connectivity index (χ1v) is 9.05. The van der Waals surface area contributed by atoms with Crippen molar-refractivity contribution in [2.75, 3.05) is 4.90 Å². The van der Waals surface area contributed by atoms with Crippen LogP contribution in [0.1, 0.15) is 27.7 Å². The van der Waals surface area contributed by atoms with E-state index in [0.717, 1.165) is 0 Å². The van der Waals surface area contributed by atoms with Gasteiger partial charge in [0, 0.05) is 23.0 Å². The molecule has 6 nitrogen and oxygen atoms in total. The first-order chi connectivity index (χ1) is 14.1. The zero-order valence-corrected chi connectivity index (χ0v) is 15.4. The molecule has 3 heterocycles. The van der Waals surface area contributed by atoms with Gasteiger partial charge in [0.1, 0.15) is 17.4 Å². The second kappa shape index (κ2) is 6.49. The fraction of sp³-hybridized carbons (Fsp3) is 0.0476. The maximum Gasteiger partial charge on any atom is 0.297 e. The van der Waals surface area contributed by atoms with E-state index in [0.29, 0.717) is 5.02 Å². The summed E-state index contributed by atoms with van der Waals surface area (Å²) in [5.41, 5.74) is -0.0681. The molecule has 1 atom stereocenters. The molecule has 0 aliphatic carbocycles. The molecule has 0 spiro atoms. The highest BCUT2D eigenvalue weighted by molar-refractivity contribution is 6.31. The Labute approximate surface area is 168 Å². The quantitative estimate of drug-likeness (QED) is 0.499. The second-order valence-electron chi connectivity index (χ2n) is 6.46. The van der Waals surface area contributed by atoms with Crippen molar-refractivity contribution < 1.29 is 13.6 Å². The van der Waals surface area contributed by atoms with Gasteiger partial charge in [0.05, 0.1) is 10.9 Å². The Morgan fingerprint density at radius 2 is 1.79 bits per heavy atom.